The topological polar surface area (TPSA) is 126 Å². The fourth-order valence-electron chi connectivity index (χ4n) is 2.49. The van der Waals surface area contributed by atoms with Crippen molar-refractivity contribution >= 4 is 17.8 Å². The number of nitrogens with zero attached hydrogens (tertiary/aromatic N) is 3. The van der Waals surface area contributed by atoms with Gasteiger partial charge in [0.25, 0.3) is 5.91 Å². The number of aryl methyl sites for hydroxylation is 1. The Morgan fingerprint density at radius 2 is 1.86 bits per heavy atom. The van der Waals surface area contributed by atoms with Gasteiger partial charge in [0.15, 0.2) is 0 Å². The minimum Gasteiger partial charge on any atom is -0.480 e. The Labute approximate surface area is 161 Å². The van der Waals surface area contributed by atoms with Crippen LogP contribution in [0.5, 0.6) is 0 Å². The van der Waals surface area contributed by atoms with E-state index in [-0.39, 0.29) is 18.2 Å². The molecule has 0 radical (unpaired) electrons. The van der Waals surface area contributed by atoms with Crippen molar-refractivity contribution in [2.75, 3.05) is 6.54 Å². The summed E-state index contributed by atoms with van der Waals surface area (Å²) in [7, 11) is 0. The quantitative estimate of drug-likeness (QED) is 0.618. The van der Waals surface area contributed by atoms with E-state index in [1.165, 1.54) is 28.9 Å². The highest BCUT2D eigenvalue weighted by Gasteiger charge is 2.22. The van der Waals surface area contributed by atoms with Gasteiger partial charge in [-0.05, 0) is 43.5 Å². The Morgan fingerprint density at radius 3 is 2.43 bits per heavy atom. The molecule has 1 atom stereocenters. The maximum Gasteiger partial charge on any atom is 0.326 e. The zero-order valence-electron chi connectivity index (χ0n) is 15.8. The average molecular weight is 391 g/mol. The predicted octanol–water partition coefficient (Wildman–Crippen LogP) is 1.06. The van der Waals surface area contributed by atoms with Gasteiger partial charge in [-0.3, -0.25) is 9.59 Å². The summed E-state index contributed by atoms with van der Waals surface area (Å²) >= 11 is 0. The number of nitrogens with one attached hydrogen (secondary N) is 2. The SMILES string of the molecule is Cc1nc(C(=O)NCC(=O)N[C@@H](CC(C)C)C(=O)O)nn1-c1ccc(F)cc1. The van der Waals surface area contributed by atoms with Crippen LogP contribution < -0.4 is 10.6 Å². The number of carboxylic acid groups (broad SMARTS) is 1. The van der Waals surface area contributed by atoms with Crippen molar-refractivity contribution in [2.45, 2.75) is 33.2 Å². The summed E-state index contributed by atoms with van der Waals surface area (Å²) in [6, 6.07) is 4.48. The number of carboxylic acids is 1. The number of hydrogen-bond donors (Lipinski definition) is 3. The largest absolute Gasteiger partial charge is 0.480 e. The summed E-state index contributed by atoms with van der Waals surface area (Å²) in [6.07, 6.45) is 0.276. The van der Waals surface area contributed by atoms with E-state index >= 15 is 0 Å². The third-order valence-corrected chi connectivity index (χ3v) is 3.79. The van der Waals surface area contributed by atoms with E-state index in [4.69, 9.17) is 5.11 Å². The lowest BCUT2D eigenvalue weighted by atomic mass is 10.0. The highest BCUT2D eigenvalue weighted by molar-refractivity contribution is 5.94. The first kappa shape index (κ1) is 21.0. The first-order valence-electron chi connectivity index (χ1n) is 8.67. The van der Waals surface area contributed by atoms with Gasteiger partial charge < -0.3 is 15.7 Å². The lowest BCUT2D eigenvalue weighted by Crippen LogP contribution is -2.46. The normalized spacial score (nSPS) is 11.9. The summed E-state index contributed by atoms with van der Waals surface area (Å²) in [5, 5.41) is 17.9. The number of carbonyl (C=O) groups excluding carboxylic acids is 2. The molecular formula is C18H22FN5O4. The molecule has 150 valence electrons. The lowest BCUT2D eigenvalue weighted by Gasteiger charge is -2.16. The summed E-state index contributed by atoms with van der Waals surface area (Å²) < 4.78 is 14.4. The first-order chi connectivity index (χ1) is 13.2. The van der Waals surface area contributed by atoms with Crippen LogP contribution in [0.4, 0.5) is 4.39 Å². The van der Waals surface area contributed by atoms with E-state index in [0.717, 1.165) is 0 Å². The Bertz CT molecular complexity index is 863. The van der Waals surface area contributed by atoms with Crippen LogP contribution in [0.3, 0.4) is 0 Å². The number of aliphatic carboxylic acids is 1. The van der Waals surface area contributed by atoms with Crippen LogP contribution >= 0.6 is 0 Å². The van der Waals surface area contributed by atoms with Gasteiger partial charge in [0, 0.05) is 0 Å². The van der Waals surface area contributed by atoms with Crippen LogP contribution in [0.1, 0.15) is 36.7 Å². The molecule has 2 rings (SSSR count). The maximum absolute atomic E-state index is 13.0. The maximum atomic E-state index is 13.0. The van der Waals surface area contributed by atoms with Gasteiger partial charge in [0.05, 0.1) is 12.2 Å². The molecular weight excluding hydrogens is 369 g/mol. The van der Waals surface area contributed by atoms with E-state index in [1.54, 1.807) is 6.92 Å². The van der Waals surface area contributed by atoms with E-state index in [9.17, 15) is 18.8 Å². The molecule has 10 heteroatoms. The Balaban J connectivity index is 1.98. The Hall–Kier alpha value is -3.30. The van der Waals surface area contributed by atoms with Crippen molar-refractivity contribution in [3.8, 4) is 5.69 Å². The molecule has 3 N–H and O–H groups in total. The van der Waals surface area contributed by atoms with E-state index in [2.05, 4.69) is 20.7 Å². The van der Waals surface area contributed by atoms with Gasteiger partial charge >= 0.3 is 5.97 Å². The highest BCUT2D eigenvalue weighted by atomic mass is 19.1. The molecule has 2 aromatic rings. The standard InChI is InChI=1S/C18H22FN5O4/c1-10(2)8-14(18(27)28)22-15(25)9-20-17(26)16-21-11(3)24(23-16)13-6-4-12(19)5-7-13/h4-7,10,14H,8-9H2,1-3H3,(H,20,26)(H,22,25)(H,27,28)/t14-/m0/s1. The molecule has 9 nitrogen and oxygen atoms in total. The molecule has 0 saturated heterocycles. The molecule has 2 amide bonds. The fraction of sp³-hybridized carbons (Fsp3) is 0.389. The molecule has 0 bridgehead atoms. The number of carbonyl (C=O) groups is 3. The van der Waals surface area contributed by atoms with Gasteiger partial charge in [-0.2, -0.15) is 0 Å². The van der Waals surface area contributed by atoms with Crippen LogP contribution in [-0.2, 0) is 9.59 Å². The zero-order valence-corrected chi connectivity index (χ0v) is 15.8. The molecule has 0 spiro atoms. The molecule has 1 heterocycles. The minimum atomic E-state index is -1.14. The number of halogens is 1. The molecule has 0 aliphatic carbocycles. The Kier molecular flexibility index (Phi) is 6.80. The molecule has 1 aromatic carbocycles. The summed E-state index contributed by atoms with van der Waals surface area (Å²) in [5.74, 6) is -2.52. The van der Waals surface area contributed by atoms with Crippen molar-refractivity contribution < 1.29 is 23.9 Å². The predicted molar refractivity (Wildman–Crippen MR) is 97.4 cm³/mol. The average Bonchev–Trinajstić information content (AvgIpc) is 3.01. The Morgan fingerprint density at radius 1 is 1.21 bits per heavy atom. The smallest absolute Gasteiger partial charge is 0.326 e. The molecule has 28 heavy (non-hydrogen) atoms. The fourth-order valence-corrected chi connectivity index (χ4v) is 2.49. The van der Waals surface area contributed by atoms with Crippen LogP contribution in [0.2, 0.25) is 0 Å². The van der Waals surface area contributed by atoms with Crippen molar-refractivity contribution in [1.82, 2.24) is 25.4 Å². The molecule has 0 aliphatic rings. The number of amides is 2. The zero-order chi connectivity index (χ0) is 20.8. The second kappa shape index (κ2) is 9.07. The van der Waals surface area contributed by atoms with E-state index < -0.39 is 36.2 Å². The second-order valence-corrected chi connectivity index (χ2v) is 6.64. The third-order valence-electron chi connectivity index (χ3n) is 3.79. The molecule has 0 fully saturated rings. The molecule has 0 unspecified atom stereocenters. The van der Waals surface area contributed by atoms with Crippen LogP contribution in [-0.4, -0.2) is 50.2 Å². The second-order valence-electron chi connectivity index (χ2n) is 6.64. The van der Waals surface area contributed by atoms with Gasteiger partial charge in [0.2, 0.25) is 11.7 Å². The van der Waals surface area contributed by atoms with Gasteiger partial charge in [-0.25, -0.2) is 18.9 Å². The minimum absolute atomic E-state index is 0.0820. The third kappa shape index (κ3) is 5.60. The number of rotatable bonds is 8. The molecule has 1 aromatic heterocycles. The first-order valence-corrected chi connectivity index (χ1v) is 8.67. The number of hydrogen-bond acceptors (Lipinski definition) is 5. The van der Waals surface area contributed by atoms with Crippen LogP contribution in [0, 0.1) is 18.7 Å². The van der Waals surface area contributed by atoms with Crippen molar-refractivity contribution in [3.63, 3.8) is 0 Å². The molecule has 0 aliphatic heterocycles. The summed E-state index contributed by atoms with van der Waals surface area (Å²) in [5.41, 5.74) is 0.529. The highest BCUT2D eigenvalue weighted by Crippen LogP contribution is 2.10. The van der Waals surface area contributed by atoms with Crippen LogP contribution in [0.15, 0.2) is 24.3 Å². The van der Waals surface area contributed by atoms with Crippen molar-refractivity contribution in [1.29, 1.82) is 0 Å². The van der Waals surface area contributed by atoms with Crippen molar-refractivity contribution in [3.05, 3.63) is 41.7 Å². The van der Waals surface area contributed by atoms with Crippen molar-refractivity contribution in [2.24, 2.45) is 5.92 Å². The number of aromatic nitrogens is 3. The summed E-state index contributed by atoms with van der Waals surface area (Å²) in [4.78, 5) is 39.3. The summed E-state index contributed by atoms with van der Waals surface area (Å²) in [6.45, 7) is 4.90. The van der Waals surface area contributed by atoms with Gasteiger partial charge in [0.1, 0.15) is 17.7 Å². The van der Waals surface area contributed by atoms with Gasteiger partial charge in [-0.15, -0.1) is 5.10 Å². The van der Waals surface area contributed by atoms with Gasteiger partial charge in [-0.1, -0.05) is 13.8 Å². The van der Waals surface area contributed by atoms with E-state index in [1.807, 2.05) is 13.8 Å². The molecule has 0 saturated carbocycles. The van der Waals surface area contributed by atoms with Crippen LogP contribution in [0.25, 0.3) is 5.69 Å². The number of benzene rings is 1. The van der Waals surface area contributed by atoms with E-state index in [0.29, 0.717) is 11.5 Å². The monoisotopic (exact) mass is 391 g/mol. The lowest BCUT2D eigenvalue weighted by molar-refractivity contribution is -0.142.